The van der Waals surface area contributed by atoms with Crippen molar-refractivity contribution in [2.24, 2.45) is 16.8 Å². The van der Waals surface area contributed by atoms with Crippen LogP contribution in [0.3, 0.4) is 0 Å². The van der Waals surface area contributed by atoms with Gasteiger partial charge in [-0.05, 0) is 69.0 Å². The number of likely N-dealkylation sites (tertiary alicyclic amines) is 1. The van der Waals surface area contributed by atoms with Crippen LogP contribution in [0.25, 0.3) is 0 Å². The molecular formula is C20H35IN4OS. The Morgan fingerprint density at radius 2 is 2.19 bits per heavy atom. The van der Waals surface area contributed by atoms with Crippen LogP contribution in [0, 0.1) is 11.8 Å². The first-order valence-corrected chi connectivity index (χ1v) is 10.9. The molecule has 3 rings (SSSR count). The van der Waals surface area contributed by atoms with Gasteiger partial charge in [-0.3, -0.25) is 9.89 Å². The third-order valence-corrected chi connectivity index (χ3v) is 6.35. The van der Waals surface area contributed by atoms with Crippen LogP contribution in [0.5, 0.6) is 0 Å². The van der Waals surface area contributed by atoms with E-state index in [1.807, 2.05) is 18.4 Å². The smallest absolute Gasteiger partial charge is 0.190 e. The topological polar surface area (TPSA) is 48.9 Å². The molecule has 2 atom stereocenters. The lowest BCUT2D eigenvalue weighted by molar-refractivity contribution is 0.122. The molecule has 0 spiro atoms. The largest absolute Gasteiger partial charge is 0.381 e. The lowest BCUT2D eigenvalue weighted by atomic mass is 9.88. The number of ether oxygens (including phenoxy) is 1. The average molecular weight is 506 g/mol. The van der Waals surface area contributed by atoms with Crippen molar-refractivity contribution in [3.8, 4) is 0 Å². The van der Waals surface area contributed by atoms with Crippen LogP contribution in [-0.4, -0.2) is 57.8 Å². The molecule has 154 valence electrons. The summed E-state index contributed by atoms with van der Waals surface area (Å²) in [5, 5.41) is 9.16. The molecule has 2 heterocycles. The van der Waals surface area contributed by atoms with Crippen LogP contribution < -0.4 is 10.6 Å². The van der Waals surface area contributed by atoms with Crippen molar-refractivity contribution in [3.63, 3.8) is 0 Å². The van der Waals surface area contributed by atoms with Crippen molar-refractivity contribution in [2.45, 2.75) is 38.1 Å². The van der Waals surface area contributed by atoms with Crippen LogP contribution in [0.2, 0.25) is 0 Å². The summed E-state index contributed by atoms with van der Waals surface area (Å²) in [6.07, 6.45) is 6.29. The highest BCUT2D eigenvalue weighted by Crippen LogP contribution is 2.36. The van der Waals surface area contributed by atoms with E-state index in [0.717, 1.165) is 44.6 Å². The van der Waals surface area contributed by atoms with Gasteiger partial charge in [-0.1, -0.05) is 6.07 Å². The first kappa shape index (κ1) is 22.9. The van der Waals surface area contributed by atoms with E-state index in [1.165, 1.54) is 37.1 Å². The Kier molecular flexibility index (Phi) is 10.4. The number of guanidine groups is 1. The zero-order valence-corrected chi connectivity index (χ0v) is 19.8. The Hall–Kier alpha value is -0.380. The molecule has 0 bridgehead atoms. The minimum atomic E-state index is 0. The number of nitrogens with one attached hydrogen (secondary N) is 2. The summed E-state index contributed by atoms with van der Waals surface area (Å²) in [6.45, 7) is 4.85. The van der Waals surface area contributed by atoms with Crippen LogP contribution in [0.1, 0.15) is 43.0 Å². The molecule has 0 radical (unpaired) electrons. The fourth-order valence-electron chi connectivity index (χ4n) is 3.75. The maximum absolute atomic E-state index is 5.69. The lowest BCUT2D eigenvalue weighted by Gasteiger charge is -2.39. The Morgan fingerprint density at radius 1 is 1.33 bits per heavy atom. The van der Waals surface area contributed by atoms with E-state index in [2.05, 4.69) is 45.1 Å². The number of rotatable bonds is 9. The summed E-state index contributed by atoms with van der Waals surface area (Å²) >= 11 is 1.88. The molecule has 7 heteroatoms. The maximum Gasteiger partial charge on any atom is 0.190 e. The van der Waals surface area contributed by atoms with Gasteiger partial charge in [0.1, 0.15) is 0 Å². The van der Waals surface area contributed by atoms with E-state index < -0.39 is 0 Å². The van der Waals surface area contributed by atoms with E-state index in [9.17, 15) is 0 Å². The van der Waals surface area contributed by atoms with Gasteiger partial charge in [-0.15, -0.1) is 35.3 Å². The number of nitrogens with zero attached hydrogens (tertiary/aromatic N) is 2. The summed E-state index contributed by atoms with van der Waals surface area (Å²) in [7, 11) is 4.11. The third kappa shape index (κ3) is 7.51. The Labute approximate surface area is 185 Å². The highest BCUT2D eigenvalue weighted by atomic mass is 127. The molecule has 2 unspecified atom stereocenters. The van der Waals surface area contributed by atoms with Crippen LogP contribution >= 0.6 is 35.3 Å². The molecule has 1 saturated heterocycles. The minimum absolute atomic E-state index is 0. The number of thiophene rings is 1. The van der Waals surface area contributed by atoms with E-state index >= 15 is 0 Å². The lowest BCUT2D eigenvalue weighted by Crippen LogP contribution is -2.45. The zero-order valence-electron chi connectivity index (χ0n) is 16.7. The van der Waals surface area contributed by atoms with Gasteiger partial charge >= 0.3 is 0 Å². The van der Waals surface area contributed by atoms with Crippen molar-refractivity contribution in [3.05, 3.63) is 22.4 Å². The Bertz CT molecular complexity index is 550. The molecule has 27 heavy (non-hydrogen) atoms. The van der Waals surface area contributed by atoms with Crippen molar-refractivity contribution < 1.29 is 4.74 Å². The first-order chi connectivity index (χ1) is 12.8. The van der Waals surface area contributed by atoms with Crippen molar-refractivity contribution in [1.82, 2.24) is 15.5 Å². The summed E-state index contributed by atoms with van der Waals surface area (Å²) in [5.74, 6) is 2.38. The molecule has 2 aliphatic rings. The molecule has 1 saturated carbocycles. The van der Waals surface area contributed by atoms with Gasteiger partial charge in [0.25, 0.3) is 0 Å². The number of aliphatic imine (C=N–C) groups is 1. The molecule has 1 aromatic rings. The number of halogens is 1. The fourth-order valence-corrected chi connectivity index (χ4v) is 4.73. The van der Waals surface area contributed by atoms with E-state index in [1.54, 1.807) is 0 Å². The van der Waals surface area contributed by atoms with Crippen LogP contribution in [0.15, 0.2) is 22.5 Å². The highest BCUT2D eigenvalue weighted by molar-refractivity contribution is 14.0. The molecule has 2 N–H and O–H groups in total. The summed E-state index contributed by atoms with van der Waals surface area (Å²) < 4.78 is 5.69. The molecule has 1 aromatic heterocycles. The minimum Gasteiger partial charge on any atom is -0.381 e. The summed E-state index contributed by atoms with van der Waals surface area (Å²) in [4.78, 5) is 8.37. The molecule has 1 aliphatic carbocycles. The second-order valence-corrected chi connectivity index (χ2v) is 8.57. The standard InChI is InChI=1S/C20H34N4OS.HI/c1-21-20(22-10-5-12-25-15-16-8-9-16)23-14-17-6-3-11-24(2)19(17)18-7-4-13-26-18;/h4,7,13,16-17,19H,3,5-6,8-12,14-15H2,1-2H3,(H2,21,22,23);1H. The average Bonchev–Trinajstić information content (AvgIpc) is 3.32. The number of hydrogen-bond donors (Lipinski definition) is 2. The Morgan fingerprint density at radius 3 is 2.89 bits per heavy atom. The monoisotopic (exact) mass is 506 g/mol. The maximum atomic E-state index is 5.69. The van der Waals surface area contributed by atoms with Crippen molar-refractivity contribution >= 4 is 41.3 Å². The van der Waals surface area contributed by atoms with Gasteiger partial charge in [-0.2, -0.15) is 0 Å². The van der Waals surface area contributed by atoms with Gasteiger partial charge < -0.3 is 15.4 Å². The second-order valence-electron chi connectivity index (χ2n) is 7.59. The van der Waals surface area contributed by atoms with Crippen molar-refractivity contribution in [1.29, 1.82) is 0 Å². The van der Waals surface area contributed by atoms with Gasteiger partial charge in [-0.25, -0.2) is 0 Å². The fraction of sp³-hybridized carbons (Fsp3) is 0.750. The molecule has 0 aromatic carbocycles. The van der Waals surface area contributed by atoms with Gasteiger partial charge in [0.2, 0.25) is 0 Å². The first-order valence-electron chi connectivity index (χ1n) is 10.0. The zero-order chi connectivity index (χ0) is 18.2. The molecule has 2 fully saturated rings. The van der Waals surface area contributed by atoms with Gasteiger partial charge in [0.05, 0.1) is 0 Å². The Balaban J connectivity index is 0.00000261. The quantitative estimate of drug-likeness (QED) is 0.232. The van der Waals surface area contributed by atoms with Crippen LogP contribution in [0.4, 0.5) is 0 Å². The van der Waals surface area contributed by atoms with E-state index in [-0.39, 0.29) is 24.0 Å². The summed E-state index contributed by atoms with van der Waals surface area (Å²) in [6, 6.07) is 4.96. The van der Waals surface area contributed by atoms with Gasteiger partial charge in [0, 0.05) is 44.3 Å². The van der Waals surface area contributed by atoms with E-state index in [0.29, 0.717) is 12.0 Å². The number of hydrogen-bond acceptors (Lipinski definition) is 4. The predicted molar refractivity (Wildman–Crippen MR) is 125 cm³/mol. The van der Waals surface area contributed by atoms with Gasteiger partial charge in [0.15, 0.2) is 5.96 Å². The molecule has 5 nitrogen and oxygen atoms in total. The SMILES string of the molecule is CN=C(NCCCOCC1CC1)NCC1CCCN(C)C1c1cccs1.I. The van der Waals surface area contributed by atoms with E-state index in [4.69, 9.17) is 4.74 Å². The van der Waals surface area contributed by atoms with Crippen LogP contribution in [-0.2, 0) is 4.74 Å². The third-order valence-electron chi connectivity index (χ3n) is 5.41. The molecule has 1 aliphatic heterocycles. The predicted octanol–water partition coefficient (Wildman–Crippen LogP) is 3.73. The number of piperidine rings is 1. The normalized spacial score (nSPS) is 23.7. The second kappa shape index (κ2) is 12.2. The summed E-state index contributed by atoms with van der Waals surface area (Å²) in [5.41, 5.74) is 0. The molecular weight excluding hydrogens is 471 g/mol. The highest BCUT2D eigenvalue weighted by Gasteiger charge is 2.31. The van der Waals surface area contributed by atoms with Crippen molar-refractivity contribution in [2.75, 3.05) is 46.9 Å². The molecule has 0 amide bonds.